The standard InChI is InChI=1S/C17H19N3OS/c21-16-14(7-3-4-10-18-16)22-17-12-5-1-2-6-13(12)19-15(20-17)11-8-9-11/h1-2,5-6,11,14H,3-4,7-10H2,(H,18,21). The number of fused-ring (bicyclic) bond motifs is 1. The summed E-state index contributed by atoms with van der Waals surface area (Å²) in [6.45, 7) is 0.799. The van der Waals surface area contributed by atoms with Gasteiger partial charge in [-0.1, -0.05) is 36.4 Å². The quantitative estimate of drug-likeness (QED) is 0.884. The maximum absolute atomic E-state index is 12.2. The Morgan fingerprint density at radius 1 is 1.09 bits per heavy atom. The number of carbonyl (C=O) groups is 1. The van der Waals surface area contributed by atoms with Crippen LogP contribution in [0.5, 0.6) is 0 Å². The first-order valence-electron chi connectivity index (χ1n) is 8.02. The molecule has 4 nitrogen and oxygen atoms in total. The fraction of sp³-hybridized carbons (Fsp3) is 0.471. The van der Waals surface area contributed by atoms with E-state index in [1.807, 2.05) is 18.2 Å². The van der Waals surface area contributed by atoms with Crippen LogP contribution in [0, 0.1) is 0 Å². The normalized spacial score (nSPS) is 22.4. The maximum atomic E-state index is 12.2. The third kappa shape index (κ3) is 2.82. The lowest BCUT2D eigenvalue weighted by Crippen LogP contribution is -2.30. The number of rotatable bonds is 3. The predicted octanol–water partition coefficient (Wildman–Crippen LogP) is 3.27. The number of nitrogens with one attached hydrogen (secondary N) is 1. The van der Waals surface area contributed by atoms with E-state index in [0.29, 0.717) is 5.92 Å². The average Bonchev–Trinajstić information content (AvgIpc) is 3.37. The summed E-state index contributed by atoms with van der Waals surface area (Å²) >= 11 is 1.61. The van der Waals surface area contributed by atoms with Crippen molar-refractivity contribution >= 4 is 28.6 Å². The van der Waals surface area contributed by atoms with Crippen LogP contribution in [0.4, 0.5) is 0 Å². The summed E-state index contributed by atoms with van der Waals surface area (Å²) in [7, 11) is 0. The molecule has 1 aromatic carbocycles. The molecule has 1 aromatic heterocycles. The first kappa shape index (κ1) is 14.0. The number of nitrogens with zero attached hydrogens (tertiary/aromatic N) is 2. The lowest BCUT2D eigenvalue weighted by molar-refractivity contribution is -0.120. The van der Waals surface area contributed by atoms with Crippen molar-refractivity contribution in [3.63, 3.8) is 0 Å². The molecule has 2 aliphatic rings. The van der Waals surface area contributed by atoms with E-state index in [9.17, 15) is 4.79 Å². The molecule has 0 spiro atoms. The zero-order chi connectivity index (χ0) is 14.9. The van der Waals surface area contributed by atoms with E-state index >= 15 is 0 Å². The van der Waals surface area contributed by atoms with Crippen molar-refractivity contribution in [3.8, 4) is 0 Å². The SMILES string of the molecule is O=C1NCCCCC1Sc1nc(C2CC2)nc2ccccc12. The molecule has 0 radical (unpaired) electrons. The Morgan fingerprint density at radius 2 is 1.95 bits per heavy atom. The van der Waals surface area contributed by atoms with Crippen molar-refractivity contribution in [2.75, 3.05) is 6.54 Å². The van der Waals surface area contributed by atoms with Gasteiger partial charge in [0.15, 0.2) is 0 Å². The van der Waals surface area contributed by atoms with Gasteiger partial charge in [0, 0.05) is 17.8 Å². The van der Waals surface area contributed by atoms with Gasteiger partial charge in [-0.2, -0.15) is 0 Å². The molecule has 4 rings (SSSR count). The van der Waals surface area contributed by atoms with Crippen LogP contribution >= 0.6 is 11.8 Å². The van der Waals surface area contributed by atoms with E-state index < -0.39 is 0 Å². The van der Waals surface area contributed by atoms with Crippen LogP contribution in [0.3, 0.4) is 0 Å². The van der Waals surface area contributed by atoms with Gasteiger partial charge in [-0.25, -0.2) is 9.97 Å². The molecule has 114 valence electrons. The summed E-state index contributed by atoms with van der Waals surface area (Å²) < 4.78 is 0. The smallest absolute Gasteiger partial charge is 0.233 e. The first-order chi connectivity index (χ1) is 10.8. The summed E-state index contributed by atoms with van der Waals surface area (Å²) in [6.07, 6.45) is 5.46. The molecule has 1 aliphatic heterocycles. The number of hydrogen-bond acceptors (Lipinski definition) is 4. The molecule has 5 heteroatoms. The molecule has 1 atom stereocenters. The molecular weight excluding hydrogens is 294 g/mol. The molecular formula is C17H19N3OS. The third-order valence-corrected chi connectivity index (χ3v) is 5.54. The van der Waals surface area contributed by atoms with Crippen molar-refractivity contribution in [2.45, 2.75) is 48.3 Å². The Hall–Kier alpha value is -1.62. The van der Waals surface area contributed by atoms with Gasteiger partial charge in [-0.15, -0.1) is 0 Å². The molecule has 1 saturated carbocycles. The number of aromatic nitrogens is 2. The predicted molar refractivity (Wildman–Crippen MR) is 88.0 cm³/mol. The maximum Gasteiger partial charge on any atom is 0.233 e. The monoisotopic (exact) mass is 313 g/mol. The lowest BCUT2D eigenvalue weighted by Gasteiger charge is -2.14. The summed E-state index contributed by atoms with van der Waals surface area (Å²) in [5.41, 5.74) is 0.996. The van der Waals surface area contributed by atoms with Crippen molar-refractivity contribution in [1.82, 2.24) is 15.3 Å². The summed E-state index contributed by atoms with van der Waals surface area (Å²) in [4.78, 5) is 21.7. The minimum atomic E-state index is -0.0344. The van der Waals surface area contributed by atoms with Gasteiger partial charge in [0.25, 0.3) is 0 Å². The molecule has 1 aliphatic carbocycles. The molecule has 2 fully saturated rings. The van der Waals surface area contributed by atoms with Crippen molar-refractivity contribution in [3.05, 3.63) is 30.1 Å². The highest BCUT2D eigenvalue weighted by atomic mass is 32.2. The number of benzene rings is 1. The second-order valence-electron chi connectivity index (χ2n) is 6.07. The lowest BCUT2D eigenvalue weighted by atomic mass is 10.2. The minimum absolute atomic E-state index is 0.0344. The van der Waals surface area contributed by atoms with Gasteiger partial charge in [0.05, 0.1) is 10.8 Å². The number of hydrogen-bond donors (Lipinski definition) is 1. The van der Waals surface area contributed by atoms with Crippen molar-refractivity contribution in [1.29, 1.82) is 0 Å². The van der Waals surface area contributed by atoms with Gasteiger partial charge < -0.3 is 5.32 Å². The van der Waals surface area contributed by atoms with Crippen molar-refractivity contribution in [2.24, 2.45) is 0 Å². The number of thioether (sulfide) groups is 1. The van der Waals surface area contributed by atoms with Crippen molar-refractivity contribution < 1.29 is 4.79 Å². The van der Waals surface area contributed by atoms with Crippen LogP contribution in [0.2, 0.25) is 0 Å². The minimum Gasteiger partial charge on any atom is -0.355 e. The zero-order valence-electron chi connectivity index (χ0n) is 12.4. The molecule has 22 heavy (non-hydrogen) atoms. The van der Waals surface area contributed by atoms with Crippen LogP contribution in [0.1, 0.15) is 43.8 Å². The van der Waals surface area contributed by atoms with E-state index in [4.69, 9.17) is 9.97 Å². The molecule has 1 amide bonds. The summed E-state index contributed by atoms with van der Waals surface area (Å²) in [5.74, 6) is 1.63. The topological polar surface area (TPSA) is 54.9 Å². The Balaban J connectivity index is 1.71. The van der Waals surface area contributed by atoms with Crippen LogP contribution < -0.4 is 5.32 Å². The van der Waals surface area contributed by atoms with Crippen LogP contribution in [0.15, 0.2) is 29.3 Å². The highest BCUT2D eigenvalue weighted by molar-refractivity contribution is 8.00. The molecule has 2 heterocycles. The Bertz CT molecular complexity index is 714. The van der Waals surface area contributed by atoms with E-state index in [2.05, 4.69) is 11.4 Å². The Morgan fingerprint density at radius 3 is 2.82 bits per heavy atom. The van der Waals surface area contributed by atoms with Gasteiger partial charge in [-0.3, -0.25) is 4.79 Å². The summed E-state index contributed by atoms with van der Waals surface area (Å²) in [6, 6.07) is 8.13. The fourth-order valence-electron chi connectivity index (χ4n) is 2.84. The Labute approximate surface area is 134 Å². The van der Waals surface area contributed by atoms with Crippen LogP contribution in [0.25, 0.3) is 10.9 Å². The Kier molecular flexibility index (Phi) is 3.74. The average molecular weight is 313 g/mol. The molecule has 2 aromatic rings. The number of amides is 1. The third-order valence-electron chi connectivity index (χ3n) is 4.27. The second kappa shape index (κ2) is 5.88. The molecule has 1 N–H and O–H groups in total. The van der Waals surface area contributed by atoms with Gasteiger partial charge in [0.1, 0.15) is 10.9 Å². The number of carbonyl (C=O) groups excluding carboxylic acids is 1. The number of para-hydroxylation sites is 1. The summed E-state index contributed by atoms with van der Waals surface area (Å²) in [5, 5.41) is 5.01. The first-order valence-corrected chi connectivity index (χ1v) is 8.90. The van der Waals surface area contributed by atoms with Crippen LogP contribution in [-0.2, 0) is 4.79 Å². The highest BCUT2D eigenvalue weighted by Gasteiger charge is 2.29. The molecule has 0 bridgehead atoms. The van der Waals surface area contributed by atoms with E-state index in [1.54, 1.807) is 11.8 Å². The zero-order valence-corrected chi connectivity index (χ0v) is 13.2. The largest absolute Gasteiger partial charge is 0.355 e. The highest BCUT2D eigenvalue weighted by Crippen LogP contribution is 2.40. The van der Waals surface area contributed by atoms with E-state index in [0.717, 1.165) is 47.6 Å². The van der Waals surface area contributed by atoms with Gasteiger partial charge in [-0.05, 0) is 31.7 Å². The second-order valence-corrected chi connectivity index (χ2v) is 7.26. The van der Waals surface area contributed by atoms with Crippen LogP contribution in [-0.4, -0.2) is 27.7 Å². The molecule has 1 unspecified atom stereocenters. The van der Waals surface area contributed by atoms with E-state index in [-0.39, 0.29) is 11.2 Å². The van der Waals surface area contributed by atoms with Gasteiger partial charge >= 0.3 is 0 Å². The molecule has 1 saturated heterocycles. The van der Waals surface area contributed by atoms with Gasteiger partial charge in [0.2, 0.25) is 5.91 Å². The fourth-order valence-corrected chi connectivity index (χ4v) is 4.03. The van der Waals surface area contributed by atoms with E-state index in [1.165, 1.54) is 12.8 Å².